The van der Waals surface area contributed by atoms with Gasteiger partial charge in [-0.3, -0.25) is 9.69 Å². The van der Waals surface area contributed by atoms with Crippen molar-refractivity contribution in [3.8, 4) is 5.88 Å². The number of aliphatic carboxylic acids is 1. The van der Waals surface area contributed by atoms with Crippen molar-refractivity contribution in [3.05, 3.63) is 23.9 Å². The molecule has 104 valence electrons. The fourth-order valence-corrected chi connectivity index (χ4v) is 2.48. The molecule has 0 atom stereocenters. The van der Waals surface area contributed by atoms with Gasteiger partial charge >= 0.3 is 5.97 Å². The molecule has 0 spiro atoms. The number of carboxylic acids is 1. The summed E-state index contributed by atoms with van der Waals surface area (Å²) in [5.74, 6) is 0.276. The maximum atomic E-state index is 10.7. The molecule has 1 aliphatic rings. The number of nitrogens with zero attached hydrogens (tertiary/aromatic N) is 2. The Labute approximate surface area is 113 Å². The second-order valence-electron chi connectivity index (χ2n) is 4.99. The highest BCUT2D eigenvalue weighted by Crippen LogP contribution is 2.21. The highest BCUT2D eigenvalue weighted by atomic mass is 16.5. The van der Waals surface area contributed by atoms with Crippen LogP contribution in [0.2, 0.25) is 0 Å². The Morgan fingerprint density at radius 1 is 1.47 bits per heavy atom. The first kappa shape index (κ1) is 13.8. The third kappa shape index (κ3) is 4.21. The number of piperidine rings is 1. The van der Waals surface area contributed by atoms with E-state index in [2.05, 4.69) is 9.88 Å². The standard InChI is InChI=1S/C14H20N2O3/c1-19-13-4-2-3-12(15-13)10-16-7-5-11(6-8-16)9-14(17)18/h2-4,11H,5-10H2,1H3,(H,17,18). The molecule has 0 aliphatic carbocycles. The number of pyridine rings is 1. The van der Waals surface area contributed by atoms with Gasteiger partial charge in [-0.25, -0.2) is 4.98 Å². The maximum absolute atomic E-state index is 10.7. The lowest BCUT2D eigenvalue weighted by Crippen LogP contribution is -2.34. The molecule has 0 amide bonds. The molecular weight excluding hydrogens is 244 g/mol. The number of carboxylic acid groups (broad SMARTS) is 1. The third-order valence-electron chi connectivity index (χ3n) is 3.55. The molecule has 0 saturated carbocycles. The summed E-state index contributed by atoms with van der Waals surface area (Å²) in [6, 6.07) is 5.77. The van der Waals surface area contributed by atoms with Gasteiger partial charge in [0, 0.05) is 19.0 Å². The molecule has 2 heterocycles. The Hall–Kier alpha value is -1.62. The van der Waals surface area contributed by atoms with E-state index in [-0.39, 0.29) is 0 Å². The molecule has 19 heavy (non-hydrogen) atoms. The molecule has 1 fully saturated rings. The first-order valence-corrected chi connectivity index (χ1v) is 6.61. The zero-order chi connectivity index (χ0) is 13.7. The first-order valence-electron chi connectivity index (χ1n) is 6.61. The van der Waals surface area contributed by atoms with Crippen LogP contribution in [0.5, 0.6) is 5.88 Å². The number of hydrogen-bond acceptors (Lipinski definition) is 4. The molecule has 0 unspecified atom stereocenters. The summed E-state index contributed by atoms with van der Waals surface area (Å²) < 4.78 is 5.11. The molecule has 1 aromatic heterocycles. The summed E-state index contributed by atoms with van der Waals surface area (Å²) in [6.07, 6.45) is 2.21. The quantitative estimate of drug-likeness (QED) is 0.878. The summed E-state index contributed by atoms with van der Waals surface area (Å²) in [5.41, 5.74) is 0.996. The van der Waals surface area contributed by atoms with Crippen LogP contribution >= 0.6 is 0 Å². The molecule has 2 rings (SSSR count). The van der Waals surface area contributed by atoms with Crippen LogP contribution in [0.1, 0.15) is 25.0 Å². The van der Waals surface area contributed by atoms with E-state index >= 15 is 0 Å². The molecule has 5 heteroatoms. The minimum atomic E-state index is -0.687. The number of methoxy groups -OCH3 is 1. The lowest BCUT2D eigenvalue weighted by molar-refractivity contribution is -0.138. The number of hydrogen-bond donors (Lipinski definition) is 1. The van der Waals surface area contributed by atoms with E-state index < -0.39 is 5.97 Å². The van der Waals surface area contributed by atoms with Crippen molar-refractivity contribution in [3.63, 3.8) is 0 Å². The minimum Gasteiger partial charge on any atom is -0.481 e. The van der Waals surface area contributed by atoms with Gasteiger partial charge in [0.15, 0.2) is 0 Å². The van der Waals surface area contributed by atoms with Gasteiger partial charge in [-0.2, -0.15) is 0 Å². The lowest BCUT2D eigenvalue weighted by Gasteiger charge is -2.30. The largest absolute Gasteiger partial charge is 0.481 e. The summed E-state index contributed by atoms with van der Waals surface area (Å²) >= 11 is 0. The van der Waals surface area contributed by atoms with Crippen LogP contribution in [0.3, 0.4) is 0 Å². The van der Waals surface area contributed by atoms with Gasteiger partial charge in [0.1, 0.15) is 0 Å². The maximum Gasteiger partial charge on any atom is 0.303 e. The van der Waals surface area contributed by atoms with Gasteiger partial charge in [-0.1, -0.05) is 6.07 Å². The molecular formula is C14H20N2O3. The fraction of sp³-hybridized carbons (Fsp3) is 0.571. The lowest BCUT2D eigenvalue weighted by atomic mass is 9.93. The molecule has 0 aromatic carbocycles. The average molecular weight is 264 g/mol. The summed E-state index contributed by atoms with van der Waals surface area (Å²) in [6.45, 7) is 2.69. The van der Waals surface area contributed by atoms with Crippen LogP contribution in [0, 0.1) is 5.92 Å². The summed E-state index contributed by atoms with van der Waals surface area (Å²) in [5, 5.41) is 8.79. The molecule has 1 N–H and O–H groups in total. The van der Waals surface area contributed by atoms with E-state index in [1.807, 2.05) is 18.2 Å². The van der Waals surface area contributed by atoms with Crippen molar-refractivity contribution >= 4 is 5.97 Å². The second-order valence-corrected chi connectivity index (χ2v) is 4.99. The molecule has 1 aromatic rings. The van der Waals surface area contributed by atoms with E-state index in [0.717, 1.165) is 38.2 Å². The average Bonchev–Trinajstić information content (AvgIpc) is 2.41. The summed E-state index contributed by atoms with van der Waals surface area (Å²) in [4.78, 5) is 17.4. The van der Waals surface area contributed by atoms with Gasteiger partial charge in [0.2, 0.25) is 5.88 Å². The minimum absolute atomic E-state index is 0.297. The Kier molecular flexibility index (Phi) is 4.74. The first-order chi connectivity index (χ1) is 9.17. The van der Waals surface area contributed by atoms with Crippen molar-refractivity contribution in [1.82, 2.24) is 9.88 Å². The van der Waals surface area contributed by atoms with Crippen LogP contribution in [0.15, 0.2) is 18.2 Å². The van der Waals surface area contributed by atoms with Crippen molar-refractivity contribution in [2.75, 3.05) is 20.2 Å². The summed E-state index contributed by atoms with van der Waals surface area (Å²) in [7, 11) is 1.61. The van der Waals surface area contributed by atoms with E-state index in [4.69, 9.17) is 9.84 Å². The van der Waals surface area contributed by atoms with Crippen molar-refractivity contribution < 1.29 is 14.6 Å². The number of carbonyl (C=O) groups is 1. The second kappa shape index (κ2) is 6.52. The molecule has 1 aliphatic heterocycles. The highest BCUT2D eigenvalue weighted by molar-refractivity contribution is 5.67. The topological polar surface area (TPSA) is 62.7 Å². The number of ether oxygens (including phenoxy) is 1. The zero-order valence-electron chi connectivity index (χ0n) is 11.2. The smallest absolute Gasteiger partial charge is 0.303 e. The third-order valence-corrected chi connectivity index (χ3v) is 3.55. The zero-order valence-corrected chi connectivity index (χ0v) is 11.2. The van der Waals surface area contributed by atoms with Crippen LogP contribution < -0.4 is 4.74 Å². The molecule has 5 nitrogen and oxygen atoms in total. The van der Waals surface area contributed by atoms with E-state index in [0.29, 0.717) is 18.2 Å². The van der Waals surface area contributed by atoms with Crippen LogP contribution in [0.25, 0.3) is 0 Å². The number of likely N-dealkylation sites (tertiary alicyclic amines) is 1. The SMILES string of the molecule is COc1cccc(CN2CCC(CC(=O)O)CC2)n1. The van der Waals surface area contributed by atoms with Gasteiger partial charge in [0.25, 0.3) is 0 Å². The fourth-order valence-electron chi connectivity index (χ4n) is 2.48. The molecule has 0 bridgehead atoms. The monoisotopic (exact) mass is 264 g/mol. The van der Waals surface area contributed by atoms with Crippen molar-refractivity contribution in [1.29, 1.82) is 0 Å². The van der Waals surface area contributed by atoms with Gasteiger partial charge in [-0.15, -0.1) is 0 Å². The Balaban J connectivity index is 1.83. The number of rotatable bonds is 5. The Morgan fingerprint density at radius 2 is 2.21 bits per heavy atom. The van der Waals surface area contributed by atoms with Gasteiger partial charge in [-0.05, 0) is 37.9 Å². The predicted octanol–water partition coefficient (Wildman–Crippen LogP) is 1.78. The van der Waals surface area contributed by atoms with E-state index in [1.165, 1.54) is 0 Å². The van der Waals surface area contributed by atoms with Gasteiger partial charge in [0.05, 0.1) is 12.8 Å². The normalized spacial score (nSPS) is 17.3. The van der Waals surface area contributed by atoms with Crippen LogP contribution in [-0.2, 0) is 11.3 Å². The van der Waals surface area contributed by atoms with Crippen LogP contribution in [-0.4, -0.2) is 41.2 Å². The van der Waals surface area contributed by atoms with E-state index in [1.54, 1.807) is 7.11 Å². The van der Waals surface area contributed by atoms with Crippen molar-refractivity contribution in [2.24, 2.45) is 5.92 Å². The van der Waals surface area contributed by atoms with Gasteiger partial charge < -0.3 is 9.84 Å². The molecule has 0 radical (unpaired) electrons. The predicted molar refractivity (Wildman–Crippen MR) is 71.0 cm³/mol. The highest BCUT2D eigenvalue weighted by Gasteiger charge is 2.21. The molecule has 1 saturated heterocycles. The Bertz CT molecular complexity index is 428. The van der Waals surface area contributed by atoms with Crippen LogP contribution in [0.4, 0.5) is 0 Å². The van der Waals surface area contributed by atoms with Crippen molar-refractivity contribution in [2.45, 2.75) is 25.8 Å². The Morgan fingerprint density at radius 3 is 2.84 bits per heavy atom. The van der Waals surface area contributed by atoms with E-state index in [9.17, 15) is 4.79 Å². The number of aromatic nitrogens is 1.